The predicted octanol–water partition coefficient (Wildman–Crippen LogP) is 2.10. The second kappa shape index (κ2) is 3.35. The lowest BCUT2D eigenvalue weighted by atomic mass is 10.1. The van der Waals surface area contributed by atoms with Crippen molar-refractivity contribution in [2.24, 2.45) is 5.92 Å². The van der Waals surface area contributed by atoms with Crippen LogP contribution >= 0.6 is 11.5 Å². The lowest BCUT2D eigenvalue weighted by Crippen LogP contribution is -2.02. The molecule has 1 N–H and O–H groups in total. The zero-order chi connectivity index (χ0) is 9.42. The molecule has 0 aromatic carbocycles. The molecule has 0 radical (unpaired) electrons. The molecule has 1 aromatic heterocycles. The molecule has 0 amide bonds. The maximum Gasteiger partial charge on any atom is 0.0945 e. The van der Waals surface area contributed by atoms with Gasteiger partial charge in [0.25, 0.3) is 0 Å². The zero-order valence-corrected chi connectivity index (χ0v) is 8.71. The fourth-order valence-electron chi connectivity index (χ4n) is 1.44. The Balaban J connectivity index is 2.22. The van der Waals surface area contributed by atoms with Crippen molar-refractivity contribution in [3.63, 3.8) is 0 Å². The van der Waals surface area contributed by atoms with Crippen LogP contribution in [0.5, 0.6) is 0 Å². The van der Waals surface area contributed by atoms with Crippen LogP contribution in [0.4, 0.5) is 0 Å². The summed E-state index contributed by atoms with van der Waals surface area (Å²) >= 11 is 1.34. The first kappa shape index (κ1) is 9.09. The Bertz CT molecular complexity index is 294. The molecule has 1 saturated carbocycles. The molecule has 1 heterocycles. The van der Waals surface area contributed by atoms with E-state index in [1.54, 1.807) is 0 Å². The summed E-state index contributed by atoms with van der Waals surface area (Å²) in [4.78, 5) is 0.984. The van der Waals surface area contributed by atoms with Crippen molar-refractivity contribution in [3.8, 4) is 0 Å². The SMILES string of the molecule is CC(C)c1nnsc1C(O)C1CC1. The molecule has 1 unspecified atom stereocenters. The van der Waals surface area contributed by atoms with Gasteiger partial charge in [-0.15, -0.1) is 5.10 Å². The van der Waals surface area contributed by atoms with Crippen molar-refractivity contribution in [1.29, 1.82) is 0 Å². The lowest BCUT2D eigenvalue weighted by molar-refractivity contribution is 0.156. The van der Waals surface area contributed by atoms with Gasteiger partial charge in [0.15, 0.2) is 0 Å². The highest BCUT2D eigenvalue weighted by Crippen LogP contribution is 2.43. The Morgan fingerprint density at radius 2 is 2.15 bits per heavy atom. The molecular weight excluding hydrogens is 184 g/mol. The maximum absolute atomic E-state index is 9.91. The second-order valence-corrected chi connectivity index (χ2v) is 4.75. The number of nitrogens with zero attached hydrogens (tertiary/aromatic N) is 2. The molecule has 1 aliphatic carbocycles. The summed E-state index contributed by atoms with van der Waals surface area (Å²) in [5.74, 6) is 0.835. The van der Waals surface area contributed by atoms with Crippen molar-refractivity contribution >= 4 is 11.5 Å². The normalized spacial score (nSPS) is 19.4. The summed E-state index contributed by atoms with van der Waals surface area (Å²) in [5, 5.41) is 14.0. The number of rotatable bonds is 3. The molecule has 3 nitrogen and oxygen atoms in total. The minimum Gasteiger partial charge on any atom is -0.387 e. The molecule has 4 heteroatoms. The predicted molar refractivity (Wildman–Crippen MR) is 51.7 cm³/mol. The summed E-state index contributed by atoms with van der Waals surface area (Å²) < 4.78 is 3.91. The van der Waals surface area contributed by atoms with E-state index in [1.165, 1.54) is 11.5 Å². The van der Waals surface area contributed by atoms with E-state index >= 15 is 0 Å². The van der Waals surface area contributed by atoms with Gasteiger partial charge in [0.1, 0.15) is 0 Å². The fraction of sp³-hybridized carbons (Fsp3) is 0.778. The lowest BCUT2D eigenvalue weighted by Gasteiger charge is -2.09. The van der Waals surface area contributed by atoms with Gasteiger partial charge >= 0.3 is 0 Å². The van der Waals surface area contributed by atoms with Gasteiger partial charge in [0.2, 0.25) is 0 Å². The van der Waals surface area contributed by atoms with Crippen LogP contribution < -0.4 is 0 Å². The van der Waals surface area contributed by atoms with E-state index in [-0.39, 0.29) is 6.10 Å². The smallest absolute Gasteiger partial charge is 0.0945 e. The molecular formula is C9H14N2OS. The second-order valence-electron chi connectivity index (χ2n) is 3.96. The molecule has 1 aliphatic rings. The Kier molecular flexibility index (Phi) is 2.34. The van der Waals surface area contributed by atoms with Crippen LogP contribution in [0.1, 0.15) is 49.3 Å². The summed E-state index contributed by atoms with van der Waals surface area (Å²) in [6.07, 6.45) is 1.99. The average Bonchev–Trinajstić information content (AvgIpc) is 2.80. The van der Waals surface area contributed by atoms with Crippen molar-refractivity contribution in [2.45, 2.75) is 38.7 Å². The van der Waals surface area contributed by atoms with Crippen molar-refractivity contribution in [1.82, 2.24) is 9.59 Å². The van der Waals surface area contributed by atoms with E-state index in [9.17, 15) is 5.11 Å². The summed E-state index contributed by atoms with van der Waals surface area (Å²) in [6, 6.07) is 0. The highest BCUT2D eigenvalue weighted by Gasteiger charge is 2.34. The summed E-state index contributed by atoms with van der Waals surface area (Å²) in [7, 11) is 0. The van der Waals surface area contributed by atoms with E-state index in [1.807, 2.05) is 0 Å². The van der Waals surface area contributed by atoms with Crippen LogP contribution in [-0.4, -0.2) is 14.7 Å². The average molecular weight is 198 g/mol. The van der Waals surface area contributed by atoms with E-state index in [0.29, 0.717) is 11.8 Å². The van der Waals surface area contributed by atoms with Crippen LogP contribution in [0.2, 0.25) is 0 Å². The molecule has 13 heavy (non-hydrogen) atoms. The molecule has 72 valence electrons. The first-order valence-electron chi connectivity index (χ1n) is 4.70. The summed E-state index contributed by atoms with van der Waals surface area (Å²) in [5.41, 5.74) is 0.976. The first-order valence-corrected chi connectivity index (χ1v) is 5.47. The Labute approximate surface area is 82.0 Å². The third-order valence-electron chi connectivity index (χ3n) is 2.42. The van der Waals surface area contributed by atoms with E-state index in [2.05, 4.69) is 23.4 Å². The van der Waals surface area contributed by atoms with Gasteiger partial charge in [-0.3, -0.25) is 0 Å². The van der Waals surface area contributed by atoms with Crippen LogP contribution in [0.25, 0.3) is 0 Å². The van der Waals surface area contributed by atoms with Crippen molar-refractivity contribution in [2.75, 3.05) is 0 Å². The Morgan fingerprint density at radius 1 is 1.46 bits per heavy atom. The number of aromatic nitrogens is 2. The highest BCUT2D eigenvalue weighted by molar-refractivity contribution is 7.05. The van der Waals surface area contributed by atoms with Crippen molar-refractivity contribution in [3.05, 3.63) is 10.6 Å². The number of aliphatic hydroxyl groups excluding tert-OH is 1. The van der Waals surface area contributed by atoms with Crippen LogP contribution in [-0.2, 0) is 0 Å². The van der Waals surface area contributed by atoms with E-state index in [4.69, 9.17) is 0 Å². The summed E-state index contributed by atoms with van der Waals surface area (Å²) in [6.45, 7) is 4.17. The van der Waals surface area contributed by atoms with E-state index < -0.39 is 0 Å². The van der Waals surface area contributed by atoms with Crippen molar-refractivity contribution < 1.29 is 5.11 Å². The first-order chi connectivity index (χ1) is 6.20. The standard InChI is InChI=1S/C9H14N2OS/c1-5(2)7-9(13-11-10-7)8(12)6-3-4-6/h5-6,8,12H,3-4H2,1-2H3. The molecule has 1 fully saturated rings. The van der Waals surface area contributed by atoms with Crippen LogP contribution in [0.3, 0.4) is 0 Å². The van der Waals surface area contributed by atoms with Crippen LogP contribution in [0.15, 0.2) is 0 Å². The minimum atomic E-state index is -0.308. The largest absolute Gasteiger partial charge is 0.387 e. The third-order valence-corrected chi connectivity index (χ3v) is 3.23. The van der Waals surface area contributed by atoms with Gasteiger partial charge in [-0.1, -0.05) is 18.3 Å². The molecule has 2 rings (SSSR count). The minimum absolute atomic E-state index is 0.308. The Morgan fingerprint density at radius 3 is 2.69 bits per heavy atom. The topological polar surface area (TPSA) is 46.0 Å². The monoisotopic (exact) mass is 198 g/mol. The highest BCUT2D eigenvalue weighted by atomic mass is 32.1. The van der Waals surface area contributed by atoms with Gasteiger partial charge in [0, 0.05) is 0 Å². The van der Waals surface area contributed by atoms with E-state index in [0.717, 1.165) is 23.4 Å². The third kappa shape index (κ3) is 1.74. The molecule has 0 spiro atoms. The molecule has 0 saturated heterocycles. The molecule has 0 bridgehead atoms. The Hall–Kier alpha value is -0.480. The zero-order valence-electron chi connectivity index (χ0n) is 7.90. The van der Waals surface area contributed by atoms with Gasteiger partial charge < -0.3 is 5.11 Å². The maximum atomic E-state index is 9.91. The van der Waals surface area contributed by atoms with Crippen LogP contribution in [0, 0.1) is 5.92 Å². The van der Waals surface area contributed by atoms with Gasteiger partial charge in [0.05, 0.1) is 16.7 Å². The number of hydrogen-bond acceptors (Lipinski definition) is 4. The van der Waals surface area contributed by atoms with Gasteiger partial charge in [-0.25, -0.2) is 0 Å². The fourth-order valence-corrected chi connectivity index (χ4v) is 2.32. The van der Waals surface area contributed by atoms with Gasteiger partial charge in [-0.05, 0) is 36.2 Å². The molecule has 1 aromatic rings. The number of aliphatic hydroxyl groups is 1. The number of hydrogen-bond donors (Lipinski definition) is 1. The quantitative estimate of drug-likeness (QED) is 0.809. The van der Waals surface area contributed by atoms with Gasteiger partial charge in [-0.2, -0.15) is 0 Å². The molecule has 0 aliphatic heterocycles. The molecule has 1 atom stereocenters.